The van der Waals surface area contributed by atoms with Gasteiger partial charge in [-0.2, -0.15) is 0 Å². The predicted molar refractivity (Wildman–Crippen MR) is 56.9 cm³/mol. The van der Waals surface area contributed by atoms with Crippen LogP contribution in [0.15, 0.2) is 23.8 Å². The van der Waals surface area contributed by atoms with E-state index >= 15 is 0 Å². The van der Waals surface area contributed by atoms with Gasteiger partial charge in [0.2, 0.25) is 0 Å². The fraction of sp³-hybridized carbons (Fsp3) is 0.250. The van der Waals surface area contributed by atoms with Crippen LogP contribution in [0.5, 0.6) is 0 Å². The van der Waals surface area contributed by atoms with Gasteiger partial charge < -0.3 is 10.4 Å². The summed E-state index contributed by atoms with van der Waals surface area (Å²) in [6, 6.07) is 0. The van der Waals surface area contributed by atoms with Crippen LogP contribution >= 0.6 is 12.2 Å². The number of rotatable bonds is 2. The minimum absolute atomic E-state index is 0.122. The number of fused-ring (bicyclic) bond motifs is 1. The van der Waals surface area contributed by atoms with Gasteiger partial charge in [-0.25, -0.2) is 5.01 Å². The van der Waals surface area contributed by atoms with Gasteiger partial charge >= 0.3 is 5.97 Å². The fourth-order valence-corrected chi connectivity index (χ4v) is 1.70. The lowest BCUT2D eigenvalue weighted by Crippen LogP contribution is -2.47. The molecule has 0 aromatic carbocycles. The molecule has 0 spiro atoms. The summed E-state index contributed by atoms with van der Waals surface area (Å²) < 4.78 is 0. The lowest BCUT2D eigenvalue weighted by Gasteiger charge is -2.27. The third-order valence-electron chi connectivity index (χ3n) is 1.94. The smallest absolute Gasteiger partial charge is 0.324 e. The highest BCUT2D eigenvalue weighted by Gasteiger charge is 2.27. The highest BCUT2D eigenvalue weighted by Crippen LogP contribution is 2.16. The Morgan fingerprint density at radius 1 is 1.67 bits per heavy atom. The zero-order valence-corrected chi connectivity index (χ0v) is 8.84. The molecule has 15 heavy (non-hydrogen) atoms. The van der Waals surface area contributed by atoms with E-state index in [9.17, 15) is 4.79 Å². The Morgan fingerprint density at radius 2 is 2.40 bits per heavy atom. The number of thiocarbonyl (C=S) groups is 1. The van der Waals surface area contributed by atoms with E-state index in [1.54, 1.807) is 17.3 Å². The summed E-state index contributed by atoms with van der Waals surface area (Å²) in [6.07, 6.45) is 3.46. The van der Waals surface area contributed by atoms with Crippen molar-refractivity contribution in [2.45, 2.75) is 6.92 Å². The maximum Gasteiger partial charge on any atom is 0.324 e. The Balaban J connectivity index is 2.13. The second-order valence-corrected chi connectivity index (χ2v) is 3.68. The molecule has 7 heteroatoms. The SMILES string of the molecule is CC1=CC(=S)N2NN(CC(=O)O)C=C2N1. The molecular weight excluding hydrogens is 216 g/mol. The molecular formula is C8H10N4O2S. The molecule has 3 N–H and O–H groups in total. The van der Waals surface area contributed by atoms with E-state index in [2.05, 4.69) is 10.9 Å². The zero-order chi connectivity index (χ0) is 11.0. The molecule has 0 atom stereocenters. The van der Waals surface area contributed by atoms with Crippen LogP contribution in [0, 0.1) is 0 Å². The van der Waals surface area contributed by atoms with E-state index in [0.29, 0.717) is 4.99 Å². The minimum Gasteiger partial charge on any atom is -0.480 e. The normalized spacial score (nSPS) is 19.4. The van der Waals surface area contributed by atoms with Gasteiger partial charge in [0, 0.05) is 5.70 Å². The quantitative estimate of drug-likeness (QED) is 0.560. The topological polar surface area (TPSA) is 67.8 Å². The number of hydrogen-bond acceptors (Lipinski definition) is 5. The van der Waals surface area contributed by atoms with Crippen molar-refractivity contribution in [1.29, 1.82) is 0 Å². The average Bonchev–Trinajstić information content (AvgIpc) is 2.45. The van der Waals surface area contributed by atoms with Crippen LogP contribution in [-0.2, 0) is 4.79 Å². The zero-order valence-electron chi connectivity index (χ0n) is 8.02. The second-order valence-electron chi connectivity index (χ2n) is 3.26. The molecule has 0 saturated carbocycles. The number of carbonyl (C=O) groups is 1. The summed E-state index contributed by atoms with van der Waals surface area (Å²) >= 11 is 5.12. The van der Waals surface area contributed by atoms with E-state index in [0.717, 1.165) is 11.5 Å². The van der Waals surface area contributed by atoms with Gasteiger partial charge in [-0.1, -0.05) is 12.2 Å². The molecule has 0 aliphatic carbocycles. The second kappa shape index (κ2) is 3.52. The van der Waals surface area contributed by atoms with Crippen molar-refractivity contribution in [2.24, 2.45) is 0 Å². The molecule has 80 valence electrons. The summed E-state index contributed by atoms with van der Waals surface area (Å²) in [5.74, 6) is -0.170. The highest BCUT2D eigenvalue weighted by molar-refractivity contribution is 7.80. The molecule has 0 amide bonds. The first-order valence-electron chi connectivity index (χ1n) is 4.32. The molecule has 2 aliphatic heterocycles. The Kier molecular flexibility index (Phi) is 2.33. The van der Waals surface area contributed by atoms with Gasteiger partial charge in [0.1, 0.15) is 17.4 Å². The Hall–Kier alpha value is -1.60. The number of aliphatic carboxylic acids is 1. The molecule has 0 fully saturated rings. The number of hydrogen-bond donors (Lipinski definition) is 3. The third-order valence-corrected chi connectivity index (χ3v) is 2.24. The molecule has 0 bridgehead atoms. The molecule has 0 unspecified atom stereocenters. The minimum atomic E-state index is -0.908. The van der Waals surface area contributed by atoms with Crippen LogP contribution in [0.1, 0.15) is 6.92 Å². The van der Waals surface area contributed by atoms with Crippen molar-refractivity contribution < 1.29 is 9.90 Å². The Bertz CT molecular complexity index is 390. The Labute approximate surface area is 91.8 Å². The summed E-state index contributed by atoms with van der Waals surface area (Å²) in [5.41, 5.74) is 3.77. The van der Waals surface area contributed by atoms with Crippen LogP contribution in [0.3, 0.4) is 0 Å². The molecule has 0 radical (unpaired) electrons. The first-order chi connectivity index (χ1) is 7.06. The average molecular weight is 226 g/mol. The van der Waals surface area contributed by atoms with Gasteiger partial charge in [0.25, 0.3) is 0 Å². The maximum absolute atomic E-state index is 10.5. The fourth-order valence-electron chi connectivity index (χ4n) is 1.39. The van der Waals surface area contributed by atoms with Gasteiger partial charge in [-0.15, -0.1) is 5.53 Å². The van der Waals surface area contributed by atoms with Gasteiger partial charge in [0.05, 0.1) is 6.20 Å². The first-order valence-corrected chi connectivity index (χ1v) is 4.73. The van der Waals surface area contributed by atoms with Gasteiger partial charge in [-0.3, -0.25) is 9.80 Å². The van der Waals surface area contributed by atoms with E-state index < -0.39 is 5.97 Å². The van der Waals surface area contributed by atoms with E-state index in [1.807, 2.05) is 6.92 Å². The van der Waals surface area contributed by atoms with E-state index in [-0.39, 0.29) is 6.54 Å². The van der Waals surface area contributed by atoms with Crippen LogP contribution < -0.4 is 10.9 Å². The number of hydrazine groups is 2. The molecule has 6 nitrogen and oxygen atoms in total. The van der Waals surface area contributed by atoms with E-state index in [4.69, 9.17) is 17.3 Å². The van der Waals surface area contributed by atoms with Crippen molar-refractivity contribution in [3.63, 3.8) is 0 Å². The summed E-state index contributed by atoms with van der Waals surface area (Å²) in [4.78, 5) is 11.1. The summed E-state index contributed by atoms with van der Waals surface area (Å²) in [7, 11) is 0. The number of carboxylic acid groups (broad SMARTS) is 1. The number of carboxylic acids is 1. The van der Waals surface area contributed by atoms with Crippen molar-refractivity contribution in [2.75, 3.05) is 6.54 Å². The monoisotopic (exact) mass is 226 g/mol. The highest BCUT2D eigenvalue weighted by atomic mass is 32.1. The number of nitrogens with zero attached hydrogens (tertiary/aromatic N) is 2. The van der Waals surface area contributed by atoms with Crippen LogP contribution in [0.4, 0.5) is 0 Å². The van der Waals surface area contributed by atoms with Gasteiger partial charge in [0.15, 0.2) is 0 Å². The summed E-state index contributed by atoms with van der Waals surface area (Å²) in [5, 5.41) is 14.8. The predicted octanol–water partition coefficient (Wildman–Crippen LogP) is -0.258. The van der Waals surface area contributed by atoms with E-state index in [1.165, 1.54) is 5.01 Å². The van der Waals surface area contributed by atoms with Gasteiger partial charge in [-0.05, 0) is 13.0 Å². The van der Waals surface area contributed by atoms with Crippen LogP contribution in [-0.4, -0.2) is 32.6 Å². The molecule has 2 aliphatic rings. The molecule has 2 heterocycles. The first kappa shape index (κ1) is 9.94. The third kappa shape index (κ3) is 1.92. The Morgan fingerprint density at radius 3 is 3.07 bits per heavy atom. The molecule has 2 rings (SSSR count). The summed E-state index contributed by atoms with van der Waals surface area (Å²) in [6.45, 7) is 1.77. The van der Waals surface area contributed by atoms with Crippen LogP contribution in [0.2, 0.25) is 0 Å². The van der Waals surface area contributed by atoms with Crippen molar-refractivity contribution in [3.8, 4) is 0 Å². The maximum atomic E-state index is 10.5. The molecule has 0 saturated heterocycles. The van der Waals surface area contributed by atoms with Crippen molar-refractivity contribution >= 4 is 23.2 Å². The largest absolute Gasteiger partial charge is 0.480 e. The van der Waals surface area contributed by atoms with Crippen molar-refractivity contribution in [3.05, 3.63) is 23.8 Å². The van der Waals surface area contributed by atoms with Crippen molar-refractivity contribution in [1.82, 2.24) is 20.9 Å². The lowest BCUT2D eigenvalue weighted by atomic mass is 10.3. The standard InChI is InChI=1S/C8H10N4O2S/c1-5-2-7(15)12-6(9-5)3-11(10-12)4-8(13)14/h2-3,9-10H,4H2,1H3,(H,13,14). The molecule has 0 aromatic rings. The molecule has 0 aromatic heterocycles. The van der Waals surface area contributed by atoms with Crippen LogP contribution in [0.25, 0.3) is 0 Å². The number of allylic oxidation sites excluding steroid dienone is 1. The lowest BCUT2D eigenvalue weighted by molar-refractivity contribution is -0.138. The number of nitrogens with one attached hydrogen (secondary N) is 2.